The first-order chi connectivity index (χ1) is 11.6. The predicted octanol–water partition coefficient (Wildman–Crippen LogP) is 0.845. The minimum atomic E-state index is 0. The van der Waals surface area contributed by atoms with E-state index in [1.807, 2.05) is 11.6 Å². The zero-order chi connectivity index (χ0) is 17.4. The van der Waals surface area contributed by atoms with Gasteiger partial charge in [-0.1, -0.05) is 13.8 Å². The van der Waals surface area contributed by atoms with Crippen LogP contribution in [0.1, 0.15) is 26.6 Å². The molecule has 0 amide bonds. The molecule has 2 rings (SSSR count). The van der Waals surface area contributed by atoms with E-state index in [0.29, 0.717) is 12.5 Å². The first-order valence-corrected chi connectivity index (χ1v) is 8.77. The Hall–Kier alpha value is -0.940. The second-order valence-corrected chi connectivity index (χ2v) is 6.58. The Morgan fingerprint density at radius 2 is 2.24 bits per heavy atom. The van der Waals surface area contributed by atoms with Crippen LogP contribution in [0.15, 0.2) is 11.3 Å². The van der Waals surface area contributed by atoms with E-state index in [2.05, 4.69) is 51.5 Å². The molecule has 1 atom stereocenters. The van der Waals surface area contributed by atoms with Gasteiger partial charge in [0.1, 0.15) is 12.9 Å². The van der Waals surface area contributed by atoms with E-state index < -0.39 is 0 Å². The molecule has 1 fully saturated rings. The predicted molar refractivity (Wildman–Crippen MR) is 110 cm³/mol. The van der Waals surface area contributed by atoms with Gasteiger partial charge in [0, 0.05) is 39.8 Å². The molecule has 2 heterocycles. The van der Waals surface area contributed by atoms with Crippen LogP contribution in [0.2, 0.25) is 0 Å². The van der Waals surface area contributed by atoms with Crippen molar-refractivity contribution in [3.63, 3.8) is 0 Å². The number of aromatic nitrogens is 3. The molecule has 1 aliphatic rings. The molecular formula is C16H32IN7O. The molecule has 1 unspecified atom stereocenters. The van der Waals surface area contributed by atoms with Gasteiger partial charge < -0.3 is 19.9 Å². The van der Waals surface area contributed by atoms with Crippen molar-refractivity contribution in [3.8, 4) is 0 Å². The molecule has 0 spiro atoms. The maximum atomic E-state index is 5.87. The van der Waals surface area contributed by atoms with Crippen LogP contribution in [0.5, 0.6) is 0 Å². The highest BCUT2D eigenvalue weighted by Gasteiger charge is 2.21. The molecule has 0 aromatic carbocycles. The average molecular weight is 465 g/mol. The highest BCUT2D eigenvalue weighted by atomic mass is 127. The number of morpholine rings is 1. The molecule has 0 radical (unpaired) electrons. The van der Waals surface area contributed by atoms with E-state index in [1.54, 1.807) is 6.33 Å². The zero-order valence-corrected chi connectivity index (χ0v) is 18.1. The van der Waals surface area contributed by atoms with Crippen molar-refractivity contribution in [1.29, 1.82) is 0 Å². The molecule has 1 aromatic rings. The topological polar surface area (TPSA) is 79.6 Å². The van der Waals surface area contributed by atoms with Gasteiger partial charge in [-0.3, -0.25) is 4.90 Å². The summed E-state index contributed by atoms with van der Waals surface area (Å²) in [6.07, 6.45) is 1.88. The van der Waals surface area contributed by atoms with Crippen molar-refractivity contribution in [3.05, 3.63) is 12.2 Å². The lowest BCUT2D eigenvalue weighted by atomic mass is 10.2. The van der Waals surface area contributed by atoms with Gasteiger partial charge in [-0.2, -0.15) is 0 Å². The van der Waals surface area contributed by atoms with Crippen LogP contribution in [0.4, 0.5) is 0 Å². The molecule has 0 aliphatic carbocycles. The van der Waals surface area contributed by atoms with E-state index in [0.717, 1.165) is 51.1 Å². The van der Waals surface area contributed by atoms with Gasteiger partial charge in [0.25, 0.3) is 0 Å². The number of nitrogens with zero attached hydrogens (tertiary/aromatic N) is 5. The molecule has 1 aromatic heterocycles. The first-order valence-electron chi connectivity index (χ1n) is 8.77. The smallest absolute Gasteiger partial charge is 0.191 e. The third-order valence-corrected chi connectivity index (χ3v) is 3.87. The molecule has 25 heavy (non-hydrogen) atoms. The summed E-state index contributed by atoms with van der Waals surface area (Å²) < 4.78 is 7.75. The fourth-order valence-electron chi connectivity index (χ4n) is 2.74. The van der Waals surface area contributed by atoms with Crippen LogP contribution in [0, 0.1) is 5.92 Å². The van der Waals surface area contributed by atoms with Gasteiger partial charge in [-0.05, 0) is 12.8 Å². The lowest BCUT2D eigenvalue weighted by Gasteiger charge is -2.34. The number of aryl methyl sites for hydroxylation is 1. The minimum Gasteiger partial charge on any atom is -0.374 e. The van der Waals surface area contributed by atoms with E-state index in [1.165, 1.54) is 0 Å². The van der Waals surface area contributed by atoms with Crippen molar-refractivity contribution >= 4 is 29.9 Å². The third kappa shape index (κ3) is 7.87. The van der Waals surface area contributed by atoms with Gasteiger partial charge >= 0.3 is 0 Å². The molecule has 1 aliphatic heterocycles. The maximum absolute atomic E-state index is 5.87. The maximum Gasteiger partial charge on any atom is 0.191 e. The summed E-state index contributed by atoms with van der Waals surface area (Å²) >= 11 is 0. The number of hydrogen-bond donors (Lipinski definition) is 2. The second-order valence-electron chi connectivity index (χ2n) is 6.58. The number of halogens is 1. The molecule has 144 valence electrons. The second kappa shape index (κ2) is 11.6. The van der Waals surface area contributed by atoms with Crippen LogP contribution in [0.25, 0.3) is 0 Å². The molecular weight excluding hydrogens is 433 g/mol. The van der Waals surface area contributed by atoms with Crippen molar-refractivity contribution in [2.24, 2.45) is 18.0 Å². The highest BCUT2D eigenvalue weighted by Crippen LogP contribution is 2.07. The number of rotatable bonds is 7. The molecule has 2 N–H and O–H groups in total. The SMILES string of the molecule is CCNC(=NCc1nncn1C)NCC1CN(CC(C)C)CCO1.I. The number of hydrogen-bond acceptors (Lipinski definition) is 5. The lowest BCUT2D eigenvalue weighted by Crippen LogP contribution is -2.50. The summed E-state index contributed by atoms with van der Waals surface area (Å²) in [5, 5.41) is 14.6. The lowest BCUT2D eigenvalue weighted by molar-refractivity contribution is -0.0284. The Morgan fingerprint density at radius 1 is 1.44 bits per heavy atom. The zero-order valence-electron chi connectivity index (χ0n) is 15.7. The van der Waals surface area contributed by atoms with Crippen molar-refractivity contribution in [1.82, 2.24) is 30.3 Å². The Bertz CT molecular complexity index is 520. The Balaban J connectivity index is 0.00000312. The van der Waals surface area contributed by atoms with Crippen LogP contribution in [-0.2, 0) is 18.3 Å². The van der Waals surface area contributed by atoms with Gasteiger partial charge in [0.05, 0.1) is 12.7 Å². The summed E-state index contributed by atoms with van der Waals surface area (Å²) in [7, 11) is 1.92. The van der Waals surface area contributed by atoms with Crippen molar-refractivity contribution in [2.45, 2.75) is 33.4 Å². The van der Waals surface area contributed by atoms with Gasteiger partial charge in [0.15, 0.2) is 11.8 Å². The fourth-order valence-corrected chi connectivity index (χ4v) is 2.74. The molecule has 1 saturated heterocycles. The van der Waals surface area contributed by atoms with Gasteiger partial charge in [-0.25, -0.2) is 4.99 Å². The van der Waals surface area contributed by atoms with Crippen molar-refractivity contribution < 1.29 is 4.74 Å². The van der Waals surface area contributed by atoms with E-state index >= 15 is 0 Å². The monoisotopic (exact) mass is 465 g/mol. The summed E-state index contributed by atoms with van der Waals surface area (Å²) in [5.41, 5.74) is 0. The Kier molecular flexibility index (Phi) is 10.3. The normalized spacial score (nSPS) is 18.9. The number of aliphatic imine (C=N–C) groups is 1. The number of guanidine groups is 1. The van der Waals surface area contributed by atoms with Crippen LogP contribution in [-0.4, -0.2) is 71.1 Å². The number of nitrogens with one attached hydrogen (secondary N) is 2. The number of ether oxygens (including phenoxy) is 1. The van der Waals surface area contributed by atoms with Crippen LogP contribution >= 0.6 is 24.0 Å². The summed E-state index contributed by atoms with van der Waals surface area (Å²) in [6.45, 7) is 12.5. The van der Waals surface area contributed by atoms with Gasteiger partial charge in [-0.15, -0.1) is 34.2 Å². The van der Waals surface area contributed by atoms with E-state index in [-0.39, 0.29) is 30.1 Å². The molecule has 8 nitrogen and oxygen atoms in total. The minimum absolute atomic E-state index is 0. The van der Waals surface area contributed by atoms with Crippen molar-refractivity contribution in [2.75, 3.05) is 39.3 Å². The molecule has 0 saturated carbocycles. The quantitative estimate of drug-likeness (QED) is 0.353. The standard InChI is InChI=1S/C16H31N7O.HI/c1-5-17-16(19-9-15-21-20-12-22(15)4)18-8-14-11-23(6-7-24-14)10-13(2)3;/h12-14H,5-11H2,1-4H3,(H2,17,18,19);1H. The largest absolute Gasteiger partial charge is 0.374 e. The molecule has 9 heteroatoms. The Morgan fingerprint density at radius 3 is 2.88 bits per heavy atom. The summed E-state index contributed by atoms with van der Waals surface area (Å²) in [6, 6.07) is 0. The van der Waals surface area contributed by atoms with Gasteiger partial charge in [0.2, 0.25) is 0 Å². The van der Waals surface area contributed by atoms with Crippen LogP contribution < -0.4 is 10.6 Å². The first kappa shape index (κ1) is 22.1. The third-order valence-electron chi connectivity index (χ3n) is 3.87. The van der Waals surface area contributed by atoms with E-state index in [4.69, 9.17) is 4.74 Å². The average Bonchev–Trinajstić information content (AvgIpc) is 2.95. The van der Waals surface area contributed by atoms with E-state index in [9.17, 15) is 0 Å². The summed E-state index contributed by atoms with van der Waals surface area (Å²) in [4.78, 5) is 7.05. The Labute approximate surface area is 167 Å². The molecule has 0 bridgehead atoms. The summed E-state index contributed by atoms with van der Waals surface area (Å²) in [5.74, 6) is 2.30. The highest BCUT2D eigenvalue weighted by molar-refractivity contribution is 14.0. The van der Waals surface area contributed by atoms with Crippen LogP contribution in [0.3, 0.4) is 0 Å². The fraction of sp³-hybridized carbons (Fsp3) is 0.812.